The van der Waals surface area contributed by atoms with Crippen LogP contribution in [-0.2, 0) is 6.42 Å². The number of methoxy groups -OCH3 is 1. The summed E-state index contributed by atoms with van der Waals surface area (Å²) in [6.07, 6.45) is 3.65. The Labute approximate surface area is 105 Å². The predicted octanol–water partition coefficient (Wildman–Crippen LogP) is 2.10. The number of hydrogen-bond donors (Lipinski definition) is 1. The lowest BCUT2D eigenvalue weighted by Crippen LogP contribution is -2.07. The van der Waals surface area contributed by atoms with Gasteiger partial charge in [0, 0.05) is 36.1 Å². The van der Waals surface area contributed by atoms with Crippen LogP contribution < -0.4 is 10.5 Å². The van der Waals surface area contributed by atoms with Crippen molar-refractivity contribution in [1.29, 1.82) is 0 Å². The van der Waals surface area contributed by atoms with Crippen molar-refractivity contribution in [3.05, 3.63) is 53.9 Å². The van der Waals surface area contributed by atoms with Crippen LogP contribution in [0, 0.1) is 0 Å². The number of nitrogens with zero attached hydrogens (tertiary/aromatic N) is 1. The van der Waals surface area contributed by atoms with Crippen LogP contribution in [-0.4, -0.2) is 17.9 Å². The number of ketones is 1. The van der Waals surface area contributed by atoms with Gasteiger partial charge in [0.05, 0.1) is 7.11 Å². The average molecular weight is 242 g/mol. The van der Waals surface area contributed by atoms with Crippen molar-refractivity contribution >= 4 is 11.5 Å². The predicted molar refractivity (Wildman–Crippen MR) is 69.7 cm³/mol. The van der Waals surface area contributed by atoms with Crippen molar-refractivity contribution in [3.63, 3.8) is 0 Å². The molecule has 0 spiro atoms. The highest BCUT2D eigenvalue weighted by atomic mass is 16.5. The Balaban J connectivity index is 2.19. The summed E-state index contributed by atoms with van der Waals surface area (Å²) in [5, 5.41) is 0. The Kier molecular flexibility index (Phi) is 3.57. The van der Waals surface area contributed by atoms with Crippen molar-refractivity contribution in [3.8, 4) is 5.75 Å². The van der Waals surface area contributed by atoms with Crippen LogP contribution in [0.5, 0.6) is 5.75 Å². The SMILES string of the molecule is COc1ccc(C(=O)Cc2ccncc2)c(N)c1. The van der Waals surface area contributed by atoms with E-state index in [1.807, 2.05) is 12.1 Å². The minimum atomic E-state index is -0.0126. The van der Waals surface area contributed by atoms with Crippen LogP contribution in [0.1, 0.15) is 15.9 Å². The number of benzene rings is 1. The average Bonchev–Trinajstić information content (AvgIpc) is 2.39. The zero-order chi connectivity index (χ0) is 13.0. The largest absolute Gasteiger partial charge is 0.497 e. The highest BCUT2D eigenvalue weighted by molar-refractivity contribution is 6.02. The normalized spacial score (nSPS) is 10.1. The zero-order valence-electron chi connectivity index (χ0n) is 10.1. The number of Topliss-reactive ketones (excluding diaryl/α,β-unsaturated/α-hetero) is 1. The standard InChI is InChI=1S/C14H14N2O2/c1-18-11-2-3-12(13(15)9-11)14(17)8-10-4-6-16-7-5-10/h2-7,9H,8,15H2,1H3. The number of aromatic nitrogens is 1. The monoisotopic (exact) mass is 242 g/mol. The molecule has 0 amide bonds. The number of carbonyl (C=O) groups is 1. The molecule has 2 N–H and O–H groups in total. The van der Waals surface area contributed by atoms with Crippen molar-refractivity contribution in [2.24, 2.45) is 0 Å². The first-order chi connectivity index (χ1) is 8.70. The van der Waals surface area contributed by atoms with E-state index in [0.717, 1.165) is 5.56 Å². The first-order valence-electron chi connectivity index (χ1n) is 5.56. The third-order valence-corrected chi connectivity index (χ3v) is 2.67. The Bertz CT molecular complexity index is 553. The van der Waals surface area contributed by atoms with Gasteiger partial charge in [-0.15, -0.1) is 0 Å². The molecule has 1 aromatic heterocycles. The van der Waals surface area contributed by atoms with Gasteiger partial charge in [-0.3, -0.25) is 9.78 Å². The fourth-order valence-electron chi connectivity index (χ4n) is 1.70. The van der Waals surface area contributed by atoms with Gasteiger partial charge < -0.3 is 10.5 Å². The molecule has 1 aromatic carbocycles. The van der Waals surface area contributed by atoms with E-state index in [1.54, 1.807) is 37.7 Å². The van der Waals surface area contributed by atoms with Crippen molar-refractivity contribution in [1.82, 2.24) is 4.98 Å². The Hall–Kier alpha value is -2.36. The third kappa shape index (κ3) is 2.66. The Morgan fingerprint density at radius 1 is 1.28 bits per heavy atom. The summed E-state index contributed by atoms with van der Waals surface area (Å²) in [6, 6.07) is 8.71. The molecule has 0 saturated heterocycles. The van der Waals surface area contributed by atoms with Gasteiger partial charge in [0.1, 0.15) is 5.75 Å². The zero-order valence-corrected chi connectivity index (χ0v) is 10.1. The smallest absolute Gasteiger partial charge is 0.169 e. The Morgan fingerprint density at radius 3 is 2.61 bits per heavy atom. The number of rotatable bonds is 4. The molecule has 18 heavy (non-hydrogen) atoms. The minimum Gasteiger partial charge on any atom is -0.497 e. The molecule has 2 rings (SSSR count). The van der Waals surface area contributed by atoms with Gasteiger partial charge >= 0.3 is 0 Å². The van der Waals surface area contributed by atoms with Crippen molar-refractivity contribution in [2.75, 3.05) is 12.8 Å². The van der Waals surface area contributed by atoms with E-state index < -0.39 is 0 Å². The molecule has 1 heterocycles. The van der Waals surface area contributed by atoms with Crippen LogP contribution in [0.25, 0.3) is 0 Å². The van der Waals surface area contributed by atoms with Crippen molar-refractivity contribution in [2.45, 2.75) is 6.42 Å². The first kappa shape index (κ1) is 12.1. The maximum atomic E-state index is 12.1. The lowest BCUT2D eigenvalue weighted by atomic mass is 10.0. The molecule has 0 aliphatic rings. The van der Waals surface area contributed by atoms with Crippen LogP contribution >= 0.6 is 0 Å². The molecule has 0 aliphatic heterocycles. The molecule has 0 bridgehead atoms. The molecule has 0 radical (unpaired) electrons. The van der Waals surface area contributed by atoms with Gasteiger partial charge in [-0.05, 0) is 29.8 Å². The quantitative estimate of drug-likeness (QED) is 0.658. The lowest BCUT2D eigenvalue weighted by molar-refractivity contribution is 0.0994. The maximum Gasteiger partial charge on any atom is 0.169 e. The van der Waals surface area contributed by atoms with Gasteiger partial charge in [-0.1, -0.05) is 0 Å². The first-order valence-corrected chi connectivity index (χ1v) is 5.56. The highest BCUT2D eigenvalue weighted by Gasteiger charge is 2.11. The number of nitrogens with two attached hydrogens (primary N) is 1. The van der Waals surface area contributed by atoms with E-state index >= 15 is 0 Å². The summed E-state index contributed by atoms with van der Waals surface area (Å²) < 4.78 is 5.05. The molecular weight excluding hydrogens is 228 g/mol. The number of pyridine rings is 1. The van der Waals surface area contributed by atoms with E-state index in [0.29, 0.717) is 23.4 Å². The molecule has 2 aromatic rings. The number of ether oxygens (including phenoxy) is 1. The molecule has 0 unspecified atom stereocenters. The van der Waals surface area contributed by atoms with Gasteiger partial charge in [-0.2, -0.15) is 0 Å². The summed E-state index contributed by atoms with van der Waals surface area (Å²) in [7, 11) is 1.56. The summed E-state index contributed by atoms with van der Waals surface area (Å²) in [6.45, 7) is 0. The number of anilines is 1. The second-order valence-electron chi connectivity index (χ2n) is 3.91. The molecule has 0 saturated carbocycles. The van der Waals surface area contributed by atoms with E-state index in [9.17, 15) is 4.79 Å². The summed E-state index contributed by atoms with van der Waals surface area (Å²) in [5.74, 6) is 0.634. The fraction of sp³-hybridized carbons (Fsp3) is 0.143. The van der Waals surface area contributed by atoms with E-state index in [2.05, 4.69) is 4.98 Å². The van der Waals surface area contributed by atoms with Gasteiger partial charge in [-0.25, -0.2) is 0 Å². The van der Waals surface area contributed by atoms with Gasteiger partial charge in [0.25, 0.3) is 0 Å². The number of nitrogen functional groups attached to an aromatic ring is 1. The van der Waals surface area contributed by atoms with Crippen molar-refractivity contribution < 1.29 is 9.53 Å². The minimum absolute atomic E-state index is 0.0126. The number of carbonyl (C=O) groups excluding carboxylic acids is 1. The molecule has 4 heteroatoms. The van der Waals surface area contributed by atoms with E-state index in [1.165, 1.54) is 0 Å². The van der Waals surface area contributed by atoms with Crippen LogP contribution in [0.15, 0.2) is 42.7 Å². The van der Waals surface area contributed by atoms with Gasteiger partial charge in [0.15, 0.2) is 5.78 Å². The second kappa shape index (κ2) is 5.31. The lowest BCUT2D eigenvalue weighted by Gasteiger charge is -2.07. The molecule has 4 nitrogen and oxygen atoms in total. The Morgan fingerprint density at radius 2 is 2.00 bits per heavy atom. The van der Waals surface area contributed by atoms with Crippen LogP contribution in [0.2, 0.25) is 0 Å². The molecule has 92 valence electrons. The van der Waals surface area contributed by atoms with Crippen LogP contribution in [0.4, 0.5) is 5.69 Å². The molecule has 0 aliphatic carbocycles. The highest BCUT2D eigenvalue weighted by Crippen LogP contribution is 2.21. The fourth-order valence-corrected chi connectivity index (χ4v) is 1.70. The number of hydrogen-bond acceptors (Lipinski definition) is 4. The van der Waals surface area contributed by atoms with Gasteiger partial charge in [0.2, 0.25) is 0 Å². The topological polar surface area (TPSA) is 65.2 Å². The summed E-state index contributed by atoms with van der Waals surface area (Å²) in [4.78, 5) is 16.0. The maximum absolute atomic E-state index is 12.1. The second-order valence-corrected chi connectivity index (χ2v) is 3.91. The molecule has 0 fully saturated rings. The molecular formula is C14H14N2O2. The van der Waals surface area contributed by atoms with Crippen LogP contribution in [0.3, 0.4) is 0 Å². The van der Waals surface area contributed by atoms with E-state index in [4.69, 9.17) is 10.5 Å². The van der Waals surface area contributed by atoms with E-state index in [-0.39, 0.29) is 5.78 Å². The molecule has 0 atom stereocenters. The summed E-state index contributed by atoms with van der Waals surface area (Å²) in [5.41, 5.74) is 7.72. The third-order valence-electron chi connectivity index (χ3n) is 2.67. The summed E-state index contributed by atoms with van der Waals surface area (Å²) >= 11 is 0.